The van der Waals surface area contributed by atoms with Gasteiger partial charge in [-0.05, 0) is 81.6 Å². The van der Waals surface area contributed by atoms with Crippen molar-refractivity contribution in [2.75, 3.05) is 33.2 Å². The van der Waals surface area contributed by atoms with Gasteiger partial charge in [-0.2, -0.15) is 0 Å². The van der Waals surface area contributed by atoms with Gasteiger partial charge in [0.25, 0.3) is 0 Å². The van der Waals surface area contributed by atoms with Crippen molar-refractivity contribution in [2.45, 2.75) is 69.9 Å². The van der Waals surface area contributed by atoms with Gasteiger partial charge in [0.2, 0.25) is 5.91 Å². The highest BCUT2D eigenvalue weighted by atomic mass is 16.2. The molecule has 6 rings (SSSR count). The smallest absolute Gasteiger partial charge is 0.238 e. The molecule has 6 aliphatic rings. The molecule has 1 aliphatic heterocycles. The second-order valence-electron chi connectivity index (χ2n) is 10.4. The Hall–Kier alpha value is -0.610. The number of carbonyl (C=O) groups excluding carboxylic acids is 1. The van der Waals surface area contributed by atoms with E-state index in [0.717, 1.165) is 55.8 Å². The van der Waals surface area contributed by atoms with Crippen LogP contribution in [0.2, 0.25) is 0 Å². The SMILES string of the molecule is CN1CCN(CC2CCCC2)[C@@H](C(=O)NC2C3CC4CC(C3)CC2C4)C1. The molecule has 0 aromatic carbocycles. The van der Waals surface area contributed by atoms with Gasteiger partial charge < -0.3 is 10.2 Å². The zero-order chi connectivity index (χ0) is 17.7. The minimum Gasteiger partial charge on any atom is -0.351 e. The van der Waals surface area contributed by atoms with Gasteiger partial charge in [0.1, 0.15) is 6.04 Å². The van der Waals surface area contributed by atoms with Gasteiger partial charge in [-0.3, -0.25) is 9.69 Å². The van der Waals surface area contributed by atoms with Crippen LogP contribution in [0, 0.1) is 29.6 Å². The van der Waals surface area contributed by atoms with Crippen molar-refractivity contribution in [3.63, 3.8) is 0 Å². The molecule has 6 fully saturated rings. The Morgan fingerprint density at radius 1 is 0.962 bits per heavy atom. The lowest BCUT2D eigenvalue weighted by Gasteiger charge is -2.54. The molecule has 1 saturated heterocycles. The summed E-state index contributed by atoms with van der Waals surface area (Å²) in [7, 11) is 2.18. The molecule has 4 nitrogen and oxygen atoms in total. The molecule has 0 unspecified atom stereocenters. The molecule has 4 heteroatoms. The number of nitrogens with zero attached hydrogens (tertiary/aromatic N) is 2. The van der Waals surface area contributed by atoms with Crippen molar-refractivity contribution >= 4 is 5.91 Å². The quantitative estimate of drug-likeness (QED) is 0.838. The van der Waals surface area contributed by atoms with Crippen LogP contribution < -0.4 is 5.32 Å². The normalized spacial score (nSPS) is 43.9. The highest BCUT2D eigenvalue weighted by Crippen LogP contribution is 2.53. The van der Waals surface area contributed by atoms with Crippen LogP contribution in [-0.4, -0.2) is 61.0 Å². The molecule has 146 valence electrons. The van der Waals surface area contributed by atoms with E-state index < -0.39 is 0 Å². The highest BCUT2D eigenvalue weighted by Gasteiger charge is 2.49. The van der Waals surface area contributed by atoms with Gasteiger partial charge in [-0.1, -0.05) is 12.8 Å². The van der Waals surface area contributed by atoms with E-state index in [0.29, 0.717) is 11.9 Å². The lowest BCUT2D eigenvalue weighted by atomic mass is 9.54. The van der Waals surface area contributed by atoms with Crippen molar-refractivity contribution in [1.82, 2.24) is 15.1 Å². The minimum absolute atomic E-state index is 0.0755. The van der Waals surface area contributed by atoms with Crippen molar-refractivity contribution in [1.29, 1.82) is 0 Å². The van der Waals surface area contributed by atoms with E-state index in [4.69, 9.17) is 0 Å². The molecule has 1 heterocycles. The number of piperazine rings is 1. The average Bonchev–Trinajstić information content (AvgIpc) is 3.12. The summed E-state index contributed by atoms with van der Waals surface area (Å²) in [6, 6.07) is 0.558. The molecule has 4 bridgehead atoms. The van der Waals surface area contributed by atoms with Gasteiger partial charge in [0.15, 0.2) is 0 Å². The maximum absolute atomic E-state index is 13.3. The van der Waals surface area contributed by atoms with Crippen LogP contribution in [-0.2, 0) is 4.79 Å². The van der Waals surface area contributed by atoms with E-state index in [9.17, 15) is 4.79 Å². The molecule has 1 N–H and O–H groups in total. The maximum atomic E-state index is 13.3. The van der Waals surface area contributed by atoms with Gasteiger partial charge in [-0.15, -0.1) is 0 Å². The first-order chi connectivity index (χ1) is 12.7. The van der Waals surface area contributed by atoms with Gasteiger partial charge in [0.05, 0.1) is 0 Å². The number of hydrogen-bond donors (Lipinski definition) is 1. The first-order valence-corrected chi connectivity index (χ1v) is 11.4. The Bertz CT molecular complexity index is 501. The van der Waals surface area contributed by atoms with Crippen LogP contribution in [0.5, 0.6) is 0 Å². The number of hydrogen-bond acceptors (Lipinski definition) is 3. The maximum Gasteiger partial charge on any atom is 0.238 e. The molecule has 0 radical (unpaired) electrons. The number of rotatable bonds is 4. The molecule has 0 spiro atoms. The summed E-state index contributed by atoms with van der Waals surface area (Å²) in [5.41, 5.74) is 0. The van der Waals surface area contributed by atoms with Crippen molar-refractivity contribution in [3.05, 3.63) is 0 Å². The highest BCUT2D eigenvalue weighted by molar-refractivity contribution is 5.82. The van der Waals surface area contributed by atoms with Crippen molar-refractivity contribution < 1.29 is 4.79 Å². The largest absolute Gasteiger partial charge is 0.351 e. The Labute approximate surface area is 159 Å². The molecule has 5 saturated carbocycles. The average molecular weight is 360 g/mol. The number of carbonyl (C=O) groups is 1. The second-order valence-corrected chi connectivity index (χ2v) is 10.4. The molecule has 26 heavy (non-hydrogen) atoms. The minimum atomic E-state index is 0.0755. The summed E-state index contributed by atoms with van der Waals surface area (Å²) in [4.78, 5) is 18.2. The summed E-state index contributed by atoms with van der Waals surface area (Å²) >= 11 is 0. The molecule has 0 aromatic rings. The fraction of sp³-hybridized carbons (Fsp3) is 0.955. The Kier molecular flexibility index (Phi) is 4.77. The van der Waals surface area contributed by atoms with Crippen LogP contribution in [0.25, 0.3) is 0 Å². The summed E-state index contributed by atoms with van der Waals surface area (Å²) in [5.74, 6) is 4.68. The van der Waals surface area contributed by atoms with Crippen molar-refractivity contribution in [3.8, 4) is 0 Å². The number of likely N-dealkylation sites (N-methyl/N-ethyl adjacent to an activating group) is 1. The monoisotopic (exact) mass is 359 g/mol. The Morgan fingerprint density at radius 3 is 2.27 bits per heavy atom. The van der Waals surface area contributed by atoms with E-state index in [1.165, 1.54) is 57.8 Å². The Balaban J connectivity index is 1.25. The van der Waals surface area contributed by atoms with Crippen LogP contribution in [0.4, 0.5) is 0 Å². The predicted molar refractivity (Wildman–Crippen MR) is 104 cm³/mol. The third-order valence-electron chi connectivity index (χ3n) is 8.50. The summed E-state index contributed by atoms with van der Waals surface area (Å²) in [6.07, 6.45) is 12.5. The first-order valence-electron chi connectivity index (χ1n) is 11.4. The van der Waals surface area contributed by atoms with E-state index in [2.05, 4.69) is 22.2 Å². The third-order valence-corrected chi connectivity index (χ3v) is 8.50. The van der Waals surface area contributed by atoms with Crippen LogP contribution in [0.1, 0.15) is 57.8 Å². The summed E-state index contributed by atoms with van der Waals surface area (Å²) in [6.45, 7) is 4.22. The van der Waals surface area contributed by atoms with Gasteiger partial charge in [0, 0.05) is 32.2 Å². The van der Waals surface area contributed by atoms with E-state index >= 15 is 0 Å². The van der Waals surface area contributed by atoms with Crippen LogP contribution >= 0.6 is 0 Å². The summed E-state index contributed by atoms with van der Waals surface area (Å²) < 4.78 is 0. The second kappa shape index (κ2) is 7.09. The fourth-order valence-electron chi connectivity index (χ4n) is 7.37. The first kappa shape index (κ1) is 17.5. The molecular formula is C22H37N3O. The molecule has 5 aliphatic carbocycles. The lowest BCUT2D eigenvalue weighted by molar-refractivity contribution is -0.132. The fourth-order valence-corrected chi connectivity index (χ4v) is 7.37. The van der Waals surface area contributed by atoms with E-state index in [1.807, 2.05) is 0 Å². The van der Waals surface area contributed by atoms with E-state index in [1.54, 1.807) is 0 Å². The van der Waals surface area contributed by atoms with Crippen molar-refractivity contribution in [2.24, 2.45) is 29.6 Å². The third kappa shape index (κ3) is 3.32. The molecule has 1 amide bonds. The topological polar surface area (TPSA) is 35.6 Å². The molecule has 0 aromatic heterocycles. The molecular weight excluding hydrogens is 322 g/mol. The van der Waals surface area contributed by atoms with Crippen LogP contribution in [0.15, 0.2) is 0 Å². The molecule has 1 atom stereocenters. The van der Waals surface area contributed by atoms with Gasteiger partial charge >= 0.3 is 0 Å². The number of nitrogens with one attached hydrogen (secondary N) is 1. The van der Waals surface area contributed by atoms with Crippen LogP contribution in [0.3, 0.4) is 0 Å². The standard InChI is InChI=1S/C22H37N3O/c1-24-6-7-25(13-15-4-2-3-5-15)20(14-24)22(26)23-21-18-9-16-8-17(11-18)12-19(21)10-16/h15-21H,2-14H2,1H3,(H,23,26)/t16?,17?,18?,19?,20-,21?/m1/s1. The lowest BCUT2D eigenvalue weighted by Crippen LogP contribution is -2.63. The summed E-state index contributed by atoms with van der Waals surface area (Å²) in [5, 5.41) is 3.60. The number of amides is 1. The predicted octanol–water partition coefficient (Wildman–Crippen LogP) is 2.73. The van der Waals surface area contributed by atoms with E-state index in [-0.39, 0.29) is 6.04 Å². The zero-order valence-corrected chi connectivity index (χ0v) is 16.5. The van der Waals surface area contributed by atoms with Gasteiger partial charge in [-0.25, -0.2) is 0 Å². The zero-order valence-electron chi connectivity index (χ0n) is 16.5. The Morgan fingerprint density at radius 2 is 1.62 bits per heavy atom.